The zero-order valence-corrected chi connectivity index (χ0v) is 26.4. The van der Waals surface area contributed by atoms with Crippen LogP contribution in [0.3, 0.4) is 0 Å². The van der Waals surface area contributed by atoms with Crippen LogP contribution >= 0.6 is 15.9 Å². The van der Waals surface area contributed by atoms with Crippen LogP contribution < -0.4 is 27.0 Å². The molecule has 3 aromatic carbocycles. The van der Waals surface area contributed by atoms with Gasteiger partial charge in [-0.2, -0.15) is 0 Å². The van der Waals surface area contributed by atoms with E-state index in [4.69, 9.17) is 10.5 Å². The van der Waals surface area contributed by atoms with Crippen molar-refractivity contribution >= 4 is 45.6 Å². The van der Waals surface area contributed by atoms with Crippen LogP contribution in [0.15, 0.2) is 72.8 Å². The Morgan fingerprint density at radius 1 is 0.864 bits per heavy atom. The number of rotatable bonds is 13. The molecular weight excluding hydrogens is 626 g/mol. The minimum atomic E-state index is -0.956. The van der Waals surface area contributed by atoms with Gasteiger partial charge in [0.2, 0.25) is 11.8 Å². The van der Waals surface area contributed by atoms with Crippen LogP contribution in [0, 0.1) is 5.92 Å². The molecule has 0 spiro atoms. The van der Waals surface area contributed by atoms with Crippen molar-refractivity contribution in [2.75, 3.05) is 18.5 Å². The number of hydrogen-bond donors (Lipinski definition) is 5. The van der Waals surface area contributed by atoms with Gasteiger partial charge in [-0.3, -0.25) is 9.59 Å². The summed E-state index contributed by atoms with van der Waals surface area (Å²) >= 11 is 3.40. The first kappa shape index (κ1) is 32.5. The van der Waals surface area contributed by atoms with Crippen molar-refractivity contribution in [3.05, 3.63) is 89.5 Å². The van der Waals surface area contributed by atoms with E-state index in [1.54, 1.807) is 26.0 Å². The quantitative estimate of drug-likeness (QED) is 0.129. The van der Waals surface area contributed by atoms with Crippen LogP contribution in [-0.4, -0.2) is 49.2 Å². The number of primary amides is 1. The summed E-state index contributed by atoms with van der Waals surface area (Å²) in [6.45, 7) is 3.94. The largest absolute Gasteiger partial charge is 0.449 e. The lowest BCUT2D eigenvalue weighted by Crippen LogP contribution is -2.54. The van der Waals surface area contributed by atoms with Crippen molar-refractivity contribution in [1.29, 1.82) is 0 Å². The normalized spacial score (nSPS) is 13.3. The molecular formula is C33H38BrN5O5. The average molecular weight is 665 g/mol. The van der Waals surface area contributed by atoms with E-state index in [0.717, 1.165) is 27.8 Å². The molecule has 0 saturated carbocycles. The summed E-state index contributed by atoms with van der Waals surface area (Å²) in [6.07, 6.45) is -0.109. The first-order valence-electron chi connectivity index (χ1n) is 14.6. The molecule has 2 atom stereocenters. The second kappa shape index (κ2) is 15.4. The van der Waals surface area contributed by atoms with Crippen LogP contribution in [0.25, 0.3) is 11.1 Å². The number of carbonyl (C=O) groups is 4. The Morgan fingerprint density at radius 2 is 1.48 bits per heavy atom. The number of alkyl halides is 1. The summed E-state index contributed by atoms with van der Waals surface area (Å²) in [5.74, 6) is -1.36. The number of halogens is 1. The molecule has 0 heterocycles. The zero-order chi connectivity index (χ0) is 31.6. The highest BCUT2D eigenvalue weighted by atomic mass is 79.9. The molecule has 5 amide bonds. The fraction of sp³-hybridized carbons (Fsp3) is 0.333. The van der Waals surface area contributed by atoms with E-state index in [-0.39, 0.29) is 31.4 Å². The smallest absolute Gasteiger partial charge is 0.407 e. The van der Waals surface area contributed by atoms with Gasteiger partial charge in [0, 0.05) is 23.5 Å². The minimum Gasteiger partial charge on any atom is -0.449 e. The Kier molecular flexibility index (Phi) is 11.4. The second-order valence-electron chi connectivity index (χ2n) is 11.0. The first-order valence-corrected chi connectivity index (χ1v) is 15.7. The number of nitrogens with one attached hydrogen (secondary N) is 4. The number of urea groups is 1. The monoisotopic (exact) mass is 663 g/mol. The van der Waals surface area contributed by atoms with Crippen LogP contribution in [0.2, 0.25) is 0 Å². The van der Waals surface area contributed by atoms with Gasteiger partial charge in [0.25, 0.3) is 0 Å². The van der Waals surface area contributed by atoms with Crippen LogP contribution in [-0.2, 0) is 19.7 Å². The van der Waals surface area contributed by atoms with Gasteiger partial charge in [-0.15, -0.1) is 0 Å². The molecule has 2 unspecified atom stereocenters. The predicted molar refractivity (Wildman–Crippen MR) is 173 cm³/mol. The van der Waals surface area contributed by atoms with E-state index < -0.39 is 36.0 Å². The van der Waals surface area contributed by atoms with Crippen molar-refractivity contribution in [3.8, 4) is 11.1 Å². The van der Waals surface area contributed by atoms with E-state index in [9.17, 15) is 19.2 Å². The van der Waals surface area contributed by atoms with Gasteiger partial charge in [-0.05, 0) is 58.7 Å². The van der Waals surface area contributed by atoms with E-state index in [1.165, 1.54) is 0 Å². The van der Waals surface area contributed by atoms with Gasteiger partial charge in [0.1, 0.15) is 18.7 Å². The standard InChI is InChI=1S/C33H38BrN5O5/c1-20(2)29(39-33(43)44-19-27-25-10-5-3-8-23(25)24-9-4-6-11-26(24)27)31(41)38-28(12-7-17-36-32(35)42)30(40)37-22-15-13-21(18-34)14-16-22/h3-6,8-11,13-16,20,27-29H,7,12,17-19H2,1-2H3,(H,37,40)(H,38,41)(H,39,43)(H3,35,36,42). The third kappa shape index (κ3) is 8.37. The third-order valence-electron chi connectivity index (χ3n) is 7.54. The Hall–Kier alpha value is -4.38. The van der Waals surface area contributed by atoms with E-state index in [0.29, 0.717) is 17.4 Å². The first-order chi connectivity index (χ1) is 21.2. The molecule has 0 bridgehead atoms. The number of nitrogens with two attached hydrogens (primary N) is 1. The molecule has 3 aromatic rings. The maximum Gasteiger partial charge on any atom is 0.407 e. The fourth-order valence-corrected chi connectivity index (χ4v) is 5.63. The topological polar surface area (TPSA) is 152 Å². The fourth-order valence-electron chi connectivity index (χ4n) is 5.26. The third-order valence-corrected chi connectivity index (χ3v) is 8.19. The van der Waals surface area contributed by atoms with Crippen molar-refractivity contribution in [1.82, 2.24) is 16.0 Å². The SMILES string of the molecule is CC(C)C(NC(=O)OCC1c2ccccc2-c2ccccc21)C(=O)NC(CCCNC(N)=O)C(=O)Nc1ccc(CBr)cc1. The summed E-state index contributed by atoms with van der Waals surface area (Å²) in [5.41, 5.74) is 11.2. The molecule has 1 aliphatic rings. The maximum atomic E-state index is 13.4. The lowest BCUT2D eigenvalue weighted by Gasteiger charge is -2.25. The highest BCUT2D eigenvalue weighted by molar-refractivity contribution is 9.08. The summed E-state index contributed by atoms with van der Waals surface area (Å²) in [4.78, 5) is 50.7. The van der Waals surface area contributed by atoms with Crippen molar-refractivity contribution in [3.63, 3.8) is 0 Å². The number of benzene rings is 3. The second-order valence-corrected chi connectivity index (χ2v) is 11.6. The predicted octanol–water partition coefficient (Wildman–Crippen LogP) is 5.02. The van der Waals surface area contributed by atoms with Crippen molar-refractivity contribution in [2.45, 2.75) is 50.0 Å². The maximum absolute atomic E-state index is 13.4. The van der Waals surface area contributed by atoms with Gasteiger partial charge < -0.3 is 31.7 Å². The Morgan fingerprint density at radius 3 is 2.05 bits per heavy atom. The summed E-state index contributed by atoms with van der Waals surface area (Å²) in [7, 11) is 0. The minimum absolute atomic E-state index is 0.109. The van der Waals surface area contributed by atoms with Gasteiger partial charge in [0.15, 0.2) is 0 Å². The lowest BCUT2D eigenvalue weighted by molar-refractivity contribution is -0.128. The highest BCUT2D eigenvalue weighted by Gasteiger charge is 2.32. The number of alkyl carbamates (subject to hydrolysis) is 1. The van der Waals surface area contributed by atoms with Crippen LogP contribution in [0.5, 0.6) is 0 Å². The van der Waals surface area contributed by atoms with E-state index in [2.05, 4.69) is 49.3 Å². The number of amides is 5. The number of carbonyl (C=O) groups excluding carboxylic acids is 4. The molecule has 4 rings (SSSR count). The van der Waals surface area contributed by atoms with Gasteiger partial charge in [-0.25, -0.2) is 9.59 Å². The lowest BCUT2D eigenvalue weighted by atomic mass is 9.98. The molecule has 10 nitrogen and oxygen atoms in total. The Bertz CT molecular complexity index is 1430. The molecule has 0 fully saturated rings. The molecule has 11 heteroatoms. The van der Waals surface area contributed by atoms with Gasteiger partial charge >= 0.3 is 12.1 Å². The van der Waals surface area contributed by atoms with E-state index >= 15 is 0 Å². The average Bonchev–Trinajstić information content (AvgIpc) is 3.33. The highest BCUT2D eigenvalue weighted by Crippen LogP contribution is 2.44. The Labute approximate surface area is 265 Å². The van der Waals surface area contributed by atoms with Crippen LogP contribution in [0.4, 0.5) is 15.3 Å². The molecule has 6 N–H and O–H groups in total. The van der Waals surface area contributed by atoms with Crippen LogP contribution in [0.1, 0.15) is 49.3 Å². The number of ether oxygens (including phenoxy) is 1. The zero-order valence-electron chi connectivity index (χ0n) is 24.8. The van der Waals surface area contributed by atoms with Crippen molar-refractivity contribution in [2.24, 2.45) is 11.7 Å². The van der Waals surface area contributed by atoms with Crippen molar-refractivity contribution < 1.29 is 23.9 Å². The molecule has 232 valence electrons. The Balaban J connectivity index is 1.40. The summed E-state index contributed by atoms with van der Waals surface area (Å²) in [6, 6.07) is 20.8. The molecule has 44 heavy (non-hydrogen) atoms. The number of anilines is 1. The summed E-state index contributed by atoms with van der Waals surface area (Å²) < 4.78 is 5.66. The molecule has 0 saturated heterocycles. The summed E-state index contributed by atoms with van der Waals surface area (Å²) in [5, 5.41) is 11.5. The van der Waals surface area contributed by atoms with E-state index in [1.807, 2.05) is 48.5 Å². The molecule has 0 radical (unpaired) electrons. The number of fused-ring (bicyclic) bond motifs is 3. The molecule has 0 aromatic heterocycles. The van der Waals surface area contributed by atoms with Gasteiger partial charge in [-0.1, -0.05) is 90.4 Å². The number of hydrogen-bond acceptors (Lipinski definition) is 5. The van der Waals surface area contributed by atoms with Gasteiger partial charge in [0.05, 0.1) is 0 Å². The molecule has 1 aliphatic carbocycles. The molecule has 0 aliphatic heterocycles.